The van der Waals surface area contributed by atoms with Crippen LogP contribution in [-0.2, 0) is 16.5 Å². The number of hydrogen-bond acceptors (Lipinski definition) is 0. The Morgan fingerprint density at radius 1 is 0.500 bits per heavy atom. The minimum Gasteiger partial charge on any atom is 0 e. The van der Waals surface area contributed by atoms with Crippen LogP contribution in [0.4, 0.5) is 0 Å². The molecule has 0 aromatic heterocycles. The predicted molar refractivity (Wildman–Crippen MR) is 17.3 cm³/mol. The minimum absolute atomic E-state index is 0. The van der Waals surface area contributed by atoms with Crippen molar-refractivity contribution in [3.63, 3.8) is 0 Å². The Balaban J connectivity index is 0. The molecule has 0 spiro atoms. The van der Waals surface area contributed by atoms with Crippen LogP contribution in [0.3, 0.4) is 0 Å². The summed E-state index contributed by atoms with van der Waals surface area (Å²) in [5.41, 5.74) is 0. The standard InChI is InChI=1S/Ni.3Sb. The zero-order valence-corrected chi connectivity index (χ0v) is 10.3. The van der Waals surface area contributed by atoms with Gasteiger partial charge in [-0.25, -0.2) is 0 Å². The van der Waals surface area contributed by atoms with Crippen LogP contribution in [0, 0.1) is 0 Å². The molecule has 0 aliphatic heterocycles. The summed E-state index contributed by atoms with van der Waals surface area (Å²) in [6.07, 6.45) is 0. The van der Waals surface area contributed by atoms with Crippen LogP contribution in [0.15, 0.2) is 0 Å². The first-order chi connectivity index (χ1) is 0. The maximum atomic E-state index is 0. The smallest absolute Gasteiger partial charge is 0 e. The van der Waals surface area contributed by atoms with Gasteiger partial charge in [-0.1, -0.05) is 0 Å². The van der Waals surface area contributed by atoms with Gasteiger partial charge in [0.2, 0.25) is 0 Å². The molecule has 0 bridgehead atoms. The van der Waals surface area contributed by atoms with Crippen molar-refractivity contribution in [3.8, 4) is 0 Å². The Hall–Kier alpha value is 2.95. The predicted octanol–water partition coefficient (Wildman–Crippen LogP) is -1.14. The second-order valence-corrected chi connectivity index (χ2v) is 0. The van der Waals surface area contributed by atoms with E-state index in [0.29, 0.717) is 0 Å². The van der Waals surface area contributed by atoms with Crippen molar-refractivity contribution in [2.45, 2.75) is 0 Å². The summed E-state index contributed by atoms with van der Waals surface area (Å²) in [7, 11) is 0. The van der Waals surface area contributed by atoms with Crippen LogP contribution in [0.25, 0.3) is 0 Å². The van der Waals surface area contributed by atoms with Crippen LogP contribution in [0.2, 0.25) is 0 Å². The topological polar surface area (TPSA) is 0 Å². The molecule has 0 heterocycles. The summed E-state index contributed by atoms with van der Waals surface area (Å²) in [6.45, 7) is 0. The van der Waals surface area contributed by atoms with Crippen LogP contribution < -0.4 is 0 Å². The summed E-state index contributed by atoms with van der Waals surface area (Å²) in [6, 6.07) is 0. The normalized spacial score (nSPS) is 0. The first kappa shape index (κ1) is 28.3. The van der Waals surface area contributed by atoms with Crippen LogP contribution in [0.5, 0.6) is 0 Å². The fourth-order valence-electron chi connectivity index (χ4n) is 0. The number of hydrogen-bond donors (Lipinski definition) is 0. The Kier molecular flexibility index (Phi) is 118. The van der Waals surface area contributed by atoms with E-state index >= 15 is 0 Å². The van der Waals surface area contributed by atoms with Gasteiger partial charge in [0.25, 0.3) is 0 Å². The van der Waals surface area contributed by atoms with Gasteiger partial charge in [0.05, 0.1) is 0 Å². The molecule has 4 heavy (non-hydrogen) atoms. The summed E-state index contributed by atoms with van der Waals surface area (Å²) in [5, 5.41) is 0. The molecule has 0 saturated carbocycles. The van der Waals surface area contributed by atoms with Gasteiger partial charge < -0.3 is 0 Å². The number of rotatable bonds is 0. The molecule has 0 nitrogen and oxygen atoms in total. The van der Waals surface area contributed by atoms with Gasteiger partial charge in [-0.05, 0) is 0 Å². The third-order valence-corrected chi connectivity index (χ3v) is 0. The fourth-order valence-corrected chi connectivity index (χ4v) is 0. The third kappa shape index (κ3) is 8.87. The van der Waals surface area contributed by atoms with Crippen LogP contribution in [-0.4, -0.2) is 73.3 Å². The molecule has 0 N–H and O–H groups in total. The van der Waals surface area contributed by atoms with E-state index in [0.717, 1.165) is 0 Å². The molecule has 0 unspecified atom stereocenters. The molecule has 0 aliphatic rings. The Bertz CT molecular complexity index is 3.25. The van der Waals surface area contributed by atoms with Crippen molar-refractivity contribution in [2.75, 3.05) is 0 Å². The molecule has 4 heteroatoms. The van der Waals surface area contributed by atoms with Gasteiger partial charge in [-0.3, -0.25) is 0 Å². The largest absolute Gasteiger partial charge is 0 e. The maximum absolute atomic E-state index is 0. The average molecular weight is 424 g/mol. The van der Waals surface area contributed by atoms with Gasteiger partial charge in [-0.2, -0.15) is 0 Å². The fraction of sp³-hybridized carbons (Fsp3) is 0. The second kappa shape index (κ2) is 16.8. The van der Waals surface area contributed by atoms with Gasteiger partial charge >= 0.3 is 0 Å². The summed E-state index contributed by atoms with van der Waals surface area (Å²) in [5.74, 6) is 0. The van der Waals surface area contributed by atoms with Gasteiger partial charge in [-0.15, -0.1) is 0 Å². The van der Waals surface area contributed by atoms with Gasteiger partial charge in [0.1, 0.15) is 0 Å². The third-order valence-electron chi connectivity index (χ3n) is 0. The molecule has 0 fully saturated rings. The van der Waals surface area contributed by atoms with Gasteiger partial charge in [0, 0.05) is 89.8 Å². The molecule has 0 aromatic rings. The second-order valence-electron chi connectivity index (χ2n) is 0. The monoisotopic (exact) mass is 421 g/mol. The van der Waals surface area contributed by atoms with Crippen molar-refractivity contribution in [2.24, 2.45) is 0 Å². The van der Waals surface area contributed by atoms with E-state index in [4.69, 9.17) is 0 Å². The van der Waals surface area contributed by atoms with Crippen LogP contribution >= 0.6 is 0 Å². The van der Waals surface area contributed by atoms with E-state index < -0.39 is 0 Å². The van der Waals surface area contributed by atoms with Crippen molar-refractivity contribution in [1.82, 2.24) is 0 Å². The first-order valence-corrected chi connectivity index (χ1v) is 0. The SMILES string of the molecule is [Ni].[Sb].[Sb].[Sb]. The molecule has 0 aliphatic carbocycles. The zero-order chi connectivity index (χ0) is 0. The quantitative estimate of drug-likeness (QED) is 0.432. The summed E-state index contributed by atoms with van der Waals surface area (Å²) in [4.78, 5) is 0. The van der Waals surface area contributed by atoms with Crippen molar-refractivity contribution in [3.05, 3.63) is 0 Å². The van der Waals surface area contributed by atoms with Crippen molar-refractivity contribution in [1.29, 1.82) is 0 Å². The first-order valence-electron chi connectivity index (χ1n) is 0. The Labute approximate surface area is 88.1 Å². The molecule has 0 rings (SSSR count). The van der Waals surface area contributed by atoms with Gasteiger partial charge in [0.15, 0.2) is 0 Å². The molecule has 9 radical (unpaired) electrons. The molecule has 25 valence electrons. The van der Waals surface area contributed by atoms with Crippen LogP contribution in [0.1, 0.15) is 0 Å². The molecular weight excluding hydrogens is 424 g/mol. The molecule has 0 atom stereocenters. The van der Waals surface area contributed by atoms with Crippen molar-refractivity contribution >= 4 is 73.3 Å². The summed E-state index contributed by atoms with van der Waals surface area (Å²) < 4.78 is 0. The van der Waals surface area contributed by atoms with E-state index in [2.05, 4.69) is 0 Å². The van der Waals surface area contributed by atoms with E-state index in [9.17, 15) is 0 Å². The van der Waals surface area contributed by atoms with E-state index in [1.165, 1.54) is 0 Å². The van der Waals surface area contributed by atoms with E-state index in [-0.39, 0.29) is 89.8 Å². The van der Waals surface area contributed by atoms with E-state index in [1.807, 2.05) is 0 Å². The molecule has 0 aromatic carbocycles. The summed E-state index contributed by atoms with van der Waals surface area (Å²) >= 11 is 0. The average Bonchev–Trinajstić information content (AvgIpc) is 0. The maximum Gasteiger partial charge on any atom is 0 e. The van der Waals surface area contributed by atoms with Crippen molar-refractivity contribution < 1.29 is 16.5 Å². The Morgan fingerprint density at radius 2 is 0.500 bits per heavy atom. The molecule has 0 saturated heterocycles. The zero-order valence-electron chi connectivity index (χ0n) is 1.66. The Morgan fingerprint density at radius 3 is 0.500 bits per heavy atom. The molecule has 0 amide bonds. The van der Waals surface area contributed by atoms with E-state index in [1.54, 1.807) is 0 Å². The molecular formula is NiSb3. The minimum atomic E-state index is 0.